The number of carbonyl (C=O) groups is 3. The minimum Gasteiger partial charge on any atom is -0.350 e. The predicted octanol–water partition coefficient (Wildman–Crippen LogP) is 5.00. The number of nitrogens with one attached hydrogen (secondary N) is 2. The largest absolute Gasteiger partial charge is 0.350 e. The molecule has 0 spiro atoms. The molecule has 0 unspecified atom stereocenters. The number of carbonyl (C=O) groups excluding carboxylic acids is 3. The SMILES string of the molecule is CC(=O)Nc1ccc(N2C(=O)C(Nc3ccc(C)c(Cl)c3)=C(c3ccccc3)C2=O)cc1. The number of hydrogen-bond donors (Lipinski definition) is 2. The van der Waals surface area contributed by atoms with Gasteiger partial charge < -0.3 is 10.6 Å². The fourth-order valence-electron chi connectivity index (χ4n) is 3.46. The summed E-state index contributed by atoms with van der Waals surface area (Å²) in [6, 6.07) is 20.9. The molecule has 0 saturated heterocycles. The first kappa shape index (κ1) is 21.3. The lowest BCUT2D eigenvalue weighted by molar-refractivity contribution is -0.120. The fraction of sp³-hybridized carbons (Fsp3) is 0.0800. The average molecular weight is 446 g/mol. The van der Waals surface area contributed by atoms with E-state index in [1.165, 1.54) is 6.92 Å². The summed E-state index contributed by atoms with van der Waals surface area (Å²) in [4.78, 5) is 39.2. The first-order valence-corrected chi connectivity index (χ1v) is 10.3. The highest BCUT2D eigenvalue weighted by Gasteiger charge is 2.40. The summed E-state index contributed by atoms with van der Waals surface area (Å²) in [5, 5.41) is 6.32. The van der Waals surface area contributed by atoms with Crippen molar-refractivity contribution in [1.82, 2.24) is 0 Å². The second kappa shape index (κ2) is 8.69. The third-order valence-electron chi connectivity index (χ3n) is 5.03. The maximum absolute atomic E-state index is 13.4. The van der Waals surface area contributed by atoms with E-state index in [1.807, 2.05) is 31.2 Å². The summed E-state index contributed by atoms with van der Waals surface area (Å²) in [5.41, 5.74) is 3.57. The van der Waals surface area contributed by atoms with Crippen LogP contribution in [0.5, 0.6) is 0 Å². The molecule has 160 valence electrons. The Morgan fingerprint density at radius 2 is 1.53 bits per heavy atom. The Bertz CT molecular complexity index is 1250. The molecule has 7 heteroatoms. The zero-order valence-electron chi connectivity index (χ0n) is 17.5. The van der Waals surface area contributed by atoms with Gasteiger partial charge in [-0.05, 0) is 54.4 Å². The van der Waals surface area contributed by atoms with Gasteiger partial charge in [0.05, 0.1) is 11.3 Å². The lowest BCUT2D eigenvalue weighted by Crippen LogP contribution is -2.32. The van der Waals surface area contributed by atoms with Gasteiger partial charge in [-0.2, -0.15) is 0 Å². The summed E-state index contributed by atoms with van der Waals surface area (Å²) < 4.78 is 0. The van der Waals surface area contributed by atoms with Gasteiger partial charge in [-0.15, -0.1) is 0 Å². The standard InChI is InChI=1S/C25H20ClN3O3/c1-15-8-9-19(14-21(15)26)28-23-22(17-6-4-3-5-7-17)24(31)29(25(23)32)20-12-10-18(11-13-20)27-16(2)30/h3-14,28H,1-2H3,(H,27,30). The number of amides is 3. The van der Waals surface area contributed by atoms with E-state index >= 15 is 0 Å². The van der Waals surface area contributed by atoms with Gasteiger partial charge in [-0.1, -0.05) is 48.0 Å². The molecule has 4 rings (SSSR count). The molecule has 0 saturated carbocycles. The van der Waals surface area contributed by atoms with Crippen molar-refractivity contribution < 1.29 is 14.4 Å². The van der Waals surface area contributed by atoms with E-state index in [0.29, 0.717) is 27.6 Å². The average Bonchev–Trinajstić information content (AvgIpc) is 3.01. The van der Waals surface area contributed by atoms with Crippen LogP contribution in [-0.4, -0.2) is 17.7 Å². The zero-order valence-corrected chi connectivity index (χ0v) is 18.2. The molecule has 3 aromatic rings. The molecule has 3 aromatic carbocycles. The van der Waals surface area contributed by atoms with Gasteiger partial charge in [0, 0.05) is 23.3 Å². The molecule has 0 bridgehead atoms. The molecule has 2 N–H and O–H groups in total. The second-order valence-electron chi connectivity index (χ2n) is 7.38. The lowest BCUT2D eigenvalue weighted by Gasteiger charge is -2.16. The molecular formula is C25H20ClN3O3. The van der Waals surface area contributed by atoms with Crippen LogP contribution in [0.1, 0.15) is 18.1 Å². The van der Waals surface area contributed by atoms with Crippen LogP contribution < -0.4 is 15.5 Å². The van der Waals surface area contributed by atoms with Gasteiger partial charge in [-0.25, -0.2) is 4.90 Å². The minimum absolute atomic E-state index is 0.173. The second-order valence-corrected chi connectivity index (χ2v) is 7.79. The molecule has 0 atom stereocenters. The van der Waals surface area contributed by atoms with Crippen molar-refractivity contribution in [2.45, 2.75) is 13.8 Å². The van der Waals surface area contributed by atoms with Gasteiger partial charge in [0.25, 0.3) is 11.8 Å². The molecule has 1 aliphatic heterocycles. The first-order valence-electron chi connectivity index (χ1n) is 9.94. The molecule has 0 radical (unpaired) electrons. The summed E-state index contributed by atoms with van der Waals surface area (Å²) in [6.45, 7) is 3.30. The van der Waals surface area contributed by atoms with E-state index in [4.69, 9.17) is 11.6 Å². The van der Waals surface area contributed by atoms with E-state index in [1.54, 1.807) is 48.5 Å². The molecule has 3 amide bonds. The number of aryl methyl sites for hydroxylation is 1. The van der Waals surface area contributed by atoms with Crippen molar-refractivity contribution in [3.8, 4) is 0 Å². The van der Waals surface area contributed by atoms with Crippen molar-refractivity contribution >= 4 is 52.0 Å². The van der Waals surface area contributed by atoms with Gasteiger partial charge in [0.15, 0.2) is 0 Å². The summed E-state index contributed by atoms with van der Waals surface area (Å²) in [5.74, 6) is -1.12. The van der Waals surface area contributed by atoms with Crippen LogP contribution in [0.4, 0.5) is 17.1 Å². The Labute approximate surface area is 190 Å². The van der Waals surface area contributed by atoms with E-state index in [2.05, 4.69) is 10.6 Å². The van der Waals surface area contributed by atoms with Gasteiger partial charge in [0.2, 0.25) is 5.91 Å². The van der Waals surface area contributed by atoms with E-state index in [0.717, 1.165) is 10.5 Å². The normalized spacial score (nSPS) is 13.5. The molecule has 0 aliphatic carbocycles. The van der Waals surface area contributed by atoms with Crippen LogP contribution in [0.15, 0.2) is 78.5 Å². The van der Waals surface area contributed by atoms with Gasteiger partial charge in [0.1, 0.15) is 5.70 Å². The molecule has 0 aromatic heterocycles. The highest BCUT2D eigenvalue weighted by Crippen LogP contribution is 2.34. The molecule has 1 heterocycles. The fourth-order valence-corrected chi connectivity index (χ4v) is 3.65. The highest BCUT2D eigenvalue weighted by molar-refractivity contribution is 6.46. The van der Waals surface area contributed by atoms with Crippen molar-refractivity contribution in [2.75, 3.05) is 15.5 Å². The zero-order chi connectivity index (χ0) is 22.8. The van der Waals surface area contributed by atoms with Crippen molar-refractivity contribution in [3.63, 3.8) is 0 Å². The smallest absolute Gasteiger partial charge is 0.282 e. The number of anilines is 3. The number of benzene rings is 3. The third-order valence-corrected chi connectivity index (χ3v) is 5.44. The number of halogens is 1. The first-order chi connectivity index (χ1) is 15.3. The number of hydrogen-bond acceptors (Lipinski definition) is 4. The predicted molar refractivity (Wildman–Crippen MR) is 126 cm³/mol. The molecule has 32 heavy (non-hydrogen) atoms. The van der Waals surface area contributed by atoms with Crippen molar-refractivity contribution in [3.05, 3.63) is 94.6 Å². The van der Waals surface area contributed by atoms with Crippen molar-refractivity contribution in [1.29, 1.82) is 0 Å². The summed E-state index contributed by atoms with van der Waals surface area (Å²) >= 11 is 6.24. The minimum atomic E-state index is -0.474. The lowest BCUT2D eigenvalue weighted by atomic mass is 10.0. The summed E-state index contributed by atoms with van der Waals surface area (Å²) in [6.07, 6.45) is 0. The Balaban J connectivity index is 1.74. The summed E-state index contributed by atoms with van der Waals surface area (Å²) in [7, 11) is 0. The van der Waals surface area contributed by atoms with Crippen LogP contribution in [-0.2, 0) is 14.4 Å². The molecule has 0 fully saturated rings. The van der Waals surface area contributed by atoms with Crippen LogP contribution in [0.2, 0.25) is 5.02 Å². The number of rotatable bonds is 5. The Kier molecular flexibility index (Phi) is 5.79. The van der Waals surface area contributed by atoms with Crippen LogP contribution >= 0.6 is 11.6 Å². The number of nitrogens with zero attached hydrogens (tertiary/aromatic N) is 1. The topological polar surface area (TPSA) is 78.5 Å². The monoisotopic (exact) mass is 445 g/mol. The Morgan fingerprint density at radius 3 is 2.16 bits per heavy atom. The third kappa shape index (κ3) is 4.13. The van der Waals surface area contributed by atoms with Crippen LogP contribution in [0.3, 0.4) is 0 Å². The van der Waals surface area contributed by atoms with E-state index < -0.39 is 11.8 Å². The maximum atomic E-state index is 13.4. The number of imide groups is 1. The van der Waals surface area contributed by atoms with Gasteiger partial charge >= 0.3 is 0 Å². The van der Waals surface area contributed by atoms with E-state index in [-0.39, 0.29) is 17.2 Å². The molecule has 6 nitrogen and oxygen atoms in total. The molecular weight excluding hydrogens is 426 g/mol. The molecule has 1 aliphatic rings. The van der Waals surface area contributed by atoms with E-state index in [9.17, 15) is 14.4 Å². The van der Waals surface area contributed by atoms with Crippen LogP contribution in [0.25, 0.3) is 5.57 Å². The van der Waals surface area contributed by atoms with Crippen LogP contribution in [0, 0.1) is 6.92 Å². The quantitative estimate of drug-likeness (QED) is 0.541. The Morgan fingerprint density at radius 1 is 0.875 bits per heavy atom. The maximum Gasteiger partial charge on any atom is 0.282 e. The van der Waals surface area contributed by atoms with Crippen molar-refractivity contribution in [2.24, 2.45) is 0 Å². The highest BCUT2D eigenvalue weighted by atomic mass is 35.5. The van der Waals surface area contributed by atoms with Gasteiger partial charge in [-0.3, -0.25) is 14.4 Å². The Hall–Kier alpha value is -3.90.